The first-order valence-electron chi connectivity index (χ1n) is 6.52. The number of nitrogens with zero attached hydrogens (tertiary/aromatic N) is 2. The second kappa shape index (κ2) is 6.52. The van der Waals surface area contributed by atoms with Gasteiger partial charge in [-0.3, -0.25) is 0 Å². The predicted molar refractivity (Wildman–Crippen MR) is 75.2 cm³/mol. The molecule has 0 aliphatic carbocycles. The molecule has 18 heavy (non-hydrogen) atoms. The molecule has 2 rings (SSSR count). The summed E-state index contributed by atoms with van der Waals surface area (Å²) >= 11 is 0. The highest BCUT2D eigenvalue weighted by Gasteiger charge is 2.35. The minimum atomic E-state index is -3.24. The van der Waals surface area contributed by atoms with E-state index in [9.17, 15) is 8.42 Å². The second-order valence-corrected chi connectivity index (χ2v) is 7.06. The van der Waals surface area contributed by atoms with Crippen LogP contribution in [-0.4, -0.2) is 55.3 Å². The van der Waals surface area contributed by atoms with Crippen molar-refractivity contribution in [2.45, 2.75) is 45.2 Å². The fourth-order valence-electron chi connectivity index (χ4n) is 2.67. The Balaban J connectivity index is 0.00000162. The molecule has 1 unspecified atom stereocenters. The summed E-state index contributed by atoms with van der Waals surface area (Å²) in [4.78, 5) is 0. The number of piperazine rings is 1. The Morgan fingerprint density at radius 2 is 1.89 bits per heavy atom. The van der Waals surface area contributed by atoms with Gasteiger partial charge >= 0.3 is 0 Å². The van der Waals surface area contributed by atoms with Crippen molar-refractivity contribution in [3.8, 4) is 0 Å². The first-order chi connectivity index (χ1) is 8.01. The van der Waals surface area contributed by atoms with Crippen molar-refractivity contribution < 1.29 is 8.42 Å². The lowest BCUT2D eigenvalue weighted by Crippen LogP contribution is -2.57. The van der Waals surface area contributed by atoms with E-state index in [1.54, 1.807) is 8.61 Å². The van der Waals surface area contributed by atoms with E-state index < -0.39 is 10.2 Å². The third kappa shape index (κ3) is 3.36. The largest absolute Gasteiger partial charge is 0.312 e. The molecule has 0 amide bonds. The Morgan fingerprint density at radius 1 is 1.17 bits per heavy atom. The highest BCUT2D eigenvalue weighted by Crippen LogP contribution is 2.22. The highest BCUT2D eigenvalue weighted by atomic mass is 35.5. The SMILES string of the molecule is CC1CCCCN1S(=O)(=O)N1CCN[C@H](C)C1.Cl. The highest BCUT2D eigenvalue weighted by molar-refractivity contribution is 7.86. The number of hydrogen-bond acceptors (Lipinski definition) is 3. The van der Waals surface area contributed by atoms with Crippen LogP contribution in [0.15, 0.2) is 0 Å². The molecule has 0 aromatic heterocycles. The molecule has 108 valence electrons. The van der Waals surface area contributed by atoms with Crippen molar-refractivity contribution in [2.75, 3.05) is 26.2 Å². The van der Waals surface area contributed by atoms with Crippen LogP contribution in [0.1, 0.15) is 33.1 Å². The Bertz CT molecular complexity index is 363. The molecule has 2 atom stereocenters. The van der Waals surface area contributed by atoms with Crippen LogP contribution in [0.5, 0.6) is 0 Å². The molecule has 0 bridgehead atoms. The van der Waals surface area contributed by atoms with Crippen molar-refractivity contribution in [2.24, 2.45) is 0 Å². The van der Waals surface area contributed by atoms with E-state index in [-0.39, 0.29) is 24.5 Å². The molecule has 0 saturated carbocycles. The van der Waals surface area contributed by atoms with E-state index in [0.717, 1.165) is 25.8 Å². The summed E-state index contributed by atoms with van der Waals surface area (Å²) in [6.07, 6.45) is 3.12. The number of halogens is 1. The molecule has 2 heterocycles. The molecule has 0 aromatic rings. The minimum absolute atomic E-state index is 0. The zero-order valence-corrected chi connectivity index (χ0v) is 12.8. The van der Waals surface area contributed by atoms with Crippen LogP contribution in [0, 0.1) is 0 Å². The van der Waals surface area contributed by atoms with Crippen molar-refractivity contribution in [1.29, 1.82) is 0 Å². The third-order valence-corrected chi connectivity index (χ3v) is 5.82. The molecule has 0 radical (unpaired) electrons. The van der Waals surface area contributed by atoms with Gasteiger partial charge in [-0.25, -0.2) is 0 Å². The summed E-state index contributed by atoms with van der Waals surface area (Å²) < 4.78 is 28.4. The van der Waals surface area contributed by atoms with Crippen LogP contribution in [-0.2, 0) is 10.2 Å². The summed E-state index contributed by atoms with van der Waals surface area (Å²) in [7, 11) is -3.24. The molecule has 7 heteroatoms. The summed E-state index contributed by atoms with van der Waals surface area (Å²) in [6, 6.07) is 0.401. The van der Waals surface area contributed by atoms with Crippen molar-refractivity contribution in [3.05, 3.63) is 0 Å². The topological polar surface area (TPSA) is 52.7 Å². The molecular formula is C11H24ClN3O2S. The maximum absolute atomic E-state index is 12.5. The Morgan fingerprint density at radius 3 is 2.50 bits per heavy atom. The summed E-state index contributed by atoms with van der Waals surface area (Å²) in [5.41, 5.74) is 0. The first-order valence-corrected chi connectivity index (χ1v) is 7.92. The number of nitrogens with one attached hydrogen (secondary N) is 1. The van der Waals surface area contributed by atoms with Crippen molar-refractivity contribution >= 4 is 22.6 Å². The van der Waals surface area contributed by atoms with Gasteiger partial charge in [0.05, 0.1) is 0 Å². The van der Waals surface area contributed by atoms with Crippen LogP contribution in [0.3, 0.4) is 0 Å². The van der Waals surface area contributed by atoms with Gasteiger partial charge in [0.15, 0.2) is 0 Å². The van der Waals surface area contributed by atoms with Gasteiger partial charge < -0.3 is 5.32 Å². The monoisotopic (exact) mass is 297 g/mol. The Labute approximate surface area is 116 Å². The van der Waals surface area contributed by atoms with Crippen LogP contribution in [0.4, 0.5) is 0 Å². The van der Waals surface area contributed by atoms with Gasteiger partial charge in [-0.15, -0.1) is 12.4 Å². The van der Waals surface area contributed by atoms with E-state index in [0.29, 0.717) is 19.6 Å². The second-order valence-electron chi connectivity index (χ2n) is 5.18. The summed E-state index contributed by atoms with van der Waals surface area (Å²) in [6.45, 7) is 6.66. The van der Waals surface area contributed by atoms with Gasteiger partial charge in [-0.1, -0.05) is 6.42 Å². The van der Waals surface area contributed by atoms with E-state index in [2.05, 4.69) is 5.32 Å². The number of rotatable bonds is 2. The number of piperidine rings is 1. The molecule has 2 saturated heterocycles. The van der Waals surface area contributed by atoms with Gasteiger partial charge in [0.25, 0.3) is 10.2 Å². The zero-order chi connectivity index (χ0) is 12.5. The lowest BCUT2D eigenvalue weighted by Gasteiger charge is -2.39. The lowest BCUT2D eigenvalue weighted by molar-refractivity contribution is 0.228. The zero-order valence-electron chi connectivity index (χ0n) is 11.1. The van der Waals surface area contributed by atoms with Crippen LogP contribution in [0.2, 0.25) is 0 Å². The molecule has 0 spiro atoms. The van der Waals surface area contributed by atoms with Crippen LogP contribution in [0.25, 0.3) is 0 Å². The fraction of sp³-hybridized carbons (Fsp3) is 1.00. The normalized spacial score (nSPS) is 31.9. The quantitative estimate of drug-likeness (QED) is 0.821. The summed E-state index contributed by atoms with van der Waals surface area (Å²) in [5.74, 6) is 0. The van der Waals surface area contributed by atoms with Gasteiger partial charge in [0.2, 0.25) is 0 Å². The van der Waals surface area contributed by atoms with Crippen molar-refractivity contribution in [3.63, 3.8) is 0 Å². The maximum Gasteiger partial charge on any atom is 0.282 e. The van der Waals surface area contributed by atoms with Gasteiger partial charge in [0, 0.05) is 38.3 Å². The molecular weight excluding hydrogens is 274 g/mol. The standard InChI is InChI=1S/C11H23N3O2S.ClH/c1-10-9-13(8-6-12-10)17(15,16)14-7-4-3-5-11(14)2;/h10-12H,3-9H2,1-2H3;1H/t10-,11?;/m1./s1. The van der Waals surface area contributed by atoms with E-state index in [1.807, 2.05) is 13.8 Å². The van der Waals surface area contributed by atoms with Crippen LogP contribution >= 0.6 is 12.4 Å². The fourth-order valence-corrected chi connectivity index (χ4v) is 4.62. The molecule has 2 aliphatic rings. The van der Waals surface area contributed by atoms with E-state index in [4.69, 9.17) is 0 Å². The average molecular weight is 298 g/mol. The van der Waals surface area contributed by atoms with Gasteiger partial charge in [-0.2, -0.15) is 17.0 Å². The predicted octanol–water partition coefficient (Wildman–Crippen LogP) is 0.821. The van der Waals surface area contributed by atoms with Gasteiger partial charge in [0.1, 0.15) is 0 Å². The van der Waals surface area contributed by atoms with E-state index in [1.165, 1.54) is 0 Å². The molecule has 0 aromatic carbocycles. The Kier molecular flexibility index (Phi) is 5.86. The molecule has 1 N–H and O–H groups in total. The van der Waals surface area contributed by atoms with E-state index >= 15 is 0 Å². The van der Waals surface area contributed by atoms with Crippen molar-refractivity contribution in [1.82, 2.24) is 13.9 Å². The summed E-state index contributed by atoms with van der Waals surface area (Å²) in [5, 5.41) is 3.27. The van der Waals surface area contributed by atoms with Crippen LogP contribution < -0.4 is 5.32 Å². The third-order valence-electron chi connectivity index (χ3n) is 3.70. The van der Waals surface area contributed by atoms with Gasteiger partial charge in [-0.05, 0) is 26.7 Å². The minimum Gasteiger partial charge on any atom is -0.312 e. The first kappa shape index (κ1) is 16.2. The Hall–Kier alpha value is 0.120. The molecule has 5 nitrogen and oxygen atoms in total. The number of hydrogen-bond donors (Lipinski definition) is 1. The average Bonchev–Trinajstić information content (AvgIpc) is 2.29. The molecule has 2 aliphatic heterocycles. The lowest BCUT2D eigenvalue weighted by atomic mass is 10.1. The molecule has 2 fully saturated rings. The smallest absolute Gasteiger partial charge is 0.282 e. The maximum atomic E-state index is 12.5.